The van der Waals surface area contributed by atoms with E-state index in [-0.39, 0.29) is 11.9 Å². The standard InChI is InChI=1S/C10H20N2O2/c1-14-10(13)9-4-2-6-12(8-9)7-3-5-11/h9H,2-8,11H2,1H3. The maximum Gasteiger partial charge on any atom is 0.309 e. The quantitative estimate of drug-likeness (QED) is 0.660. The van der Waals surface area contributed by atoms with Crippen molar-refractivity contribution in [1.82, 2.24) is 4.90 Å². The second-order valence-electron chi connectivity index (χ2n) is 3.81. The second kappa shape index (κ2) is 5.98. The molecule has 0 aromatic heterocycles. The van der Waals surface area contributed by atoms with Gasteiger partial charge in [0.1, 0.15) is 0 Å². The number of carbonyl (C=O) groups is 1. The summed E-state index contributed by atoms with van der Waals surface area (Å²) in [6.07, 6.45) is 3.06. The molecule has 1 unspecified atom stereocenters. The van der Waals surface area contributed by atoms with Gasteiger partial charge in [-0.2, -0.15) is 0 Å². The smallest absolute Gasteiger partial charge is 0.309 e. The van der Waals surface area contributed by atoms with Crippen LogP contribution in [-0.2, 0) is 9.53 Å². The summed E-state index contributed by atoms with van der Waals surface area (Å²) in [4.78, 5) is 13.6. The van der Waals surface area contributed by atoms with Crippen molar-refractivity contribution in [2.24, 2.45) is 11.7 Å². The van der Waals surface area contributed by atoms with Crippen LogP contribution in [0.15, 0.2) is 0 Å². The molecule has 0 aliphatic carbocycles. The zero-order valence-electron chi connectivity index (χ0n) is 8.87. The Kier molecular flexibility index (Phi) is 4.90. The topological polar surface area (TPSA) is 55.6 Å². The van der Waals surface area contributed by atoms with Crippen LogP contribution in [0.4, 0.5) is 0 Å². The minimum absolute atomic E-state index is 0.0672. The Balaban J connectivity index is 2.31. The van der Waals surface area contributed by atoms with E-state index in [2.05, 4.69) is 4.90 Å². The molecule has 2 N–H and O–H groups in total. The molecule has 1 heterocycles. The molecule has 0 amide bonds. The minimum atomic E-state index is -0.0672. The number of rotatable bonds is 4. The summed E-state index contributed by atoms with van der Waals surface area (Å²) in [7, 11) is 1.46. The minimum Gasteiger partial charge on any atom is -0.469 e. The van der Waals surface area contributed by atoms with Crippen LogP contribution in [0.2, 0.25) is 0 Å². The van der Waals surface area contributed by atoms with Gasteiger partial charge in [0.25, 0.3) is 0 Å². The van der Waals surface area contributed by atoms with E-state index in [9.17, 15) is 4.79 Å². The number of likely N-dealkylation sites (tertiary alicyclic amines) is 1. The summed E-state index contributed by atoms with van der Waals surface area (Å²) in [5, 5.41) is 0. The van der Waals surface area contributed by atoms with Crippen LogP contribution in [0.5, 0.6) is 0 Å². The van der Waals surface area contributed by atoms with Crippen LogP contribution in [0.1, 0.15) is 19.3 Å². The van der Waals surface area contributed by atoms with Gasteiger partial charge in [-0.3, -0.25) is 4.79 Å². The summed E-state index contributed by atoms with van der Waals surface area (Å²) in [6, 6.07) is 0. The molecule has 0 aromatic carbocycles. The molecule has 82 valence electrons. The molecule has 0 aromatic rings. The Bertz CT molecular complexity index is 185. The Hall–Kier alpha value is -0.610. The van der Waals surface area contributed by atoms with Crippen LogP contribution in [-0.4, -0.2) is 44.2 Å². The third-order valence-electron chi connectivity index (χ3n) is 2.72. The lowest BCUT2D eigenvalue weighted by atomic mass is 9.98. The van der Waals surface area contributed by atoms with Gasteiger partial charge < -0.3 is 15.4 Å². The van der Waals surface area contributed by atoms with Gasteiger partial charge >= 0.3 is 5.97 Å². The maximum absolute atomic E-state index is 11.3. The van der Waals surface area contributed by atoms with Crippen molar-refractivity contribution in [3.63, 3.8) is 0 Å². The number of nitrogens with two attached hydrogens (primary N) is 1. The third-order valence-corrected chi connectivity index (χ3v) is 2.72. The lowest BCUT2D eigenvalue weighted by Gasteiger charge is -2.31. The van der Waals surface area contributed by atoms with Crippen molar-refractivity contribution in [2.75, 3.05) is 33.3 Å². The zero-order chi connectivity index (χ0) is 10.4. The number of methoxy groups -OCH3 is 1. The molecular weight excluding hydrogens is 180 g/mol. The summed E-state index contributed by atoms with van der Waals surface area (Å²) in [5.41, 5.74) is 5.45. The van der Waals surface area contributed by atoms with Crippen LogP contribution in [0.25, 0.3) is 0 Å². The zero-order valence-corrected chi connectivity index (χ0v) is 8.87. The number of nitrogens with zero attached hydrogens (tertiary/aromatic N) is 1. The van der Waals surface area contributed by atoms with E-state index in [0.717, 1.165) is 45.4 Å². The number of carbonyl (C=O) groups excluding carboxylic acids is 1. The number of hydrogen-bond acceptors (Lipinski definition) is 4. The van der Waals surface area contributed by atoms with Gasteiger partial charge in [0.15, 0.2) is 0 Å². The average molecular weight is 200 g/mol. The summed E-state index contributed by atoms with van der Waals surface area (Å²) < 4.78 is 4.75. The third kappa shape index (κ3) is 3.27. The van der Waals surface area contributed by atoms with E-state index in [1.165, 1.54) is 7.11 Å². The van der Waals surface area contributed by atoms with E-state index < -0.39 is 0 Å². The van der Waals surface area contributed by atoms with Crippen molar-refractivity contribution in [3.05, 3.63) is 0 Å². The highest BCUT2D eigenvalue weighted by molar-refractivity contribution is 5.72. The highest BCUT2D eigenvalue weighted by Gasteiger charge is 2.25. The van der Waals surface area contributed by atoms with Gasteiger partial charge in [0.05, 0.1) is 13.0 Å². The molecule has 1 fully saturated rings. The van der Waals surface area contributed by atoms with Gasteiger partial charge in [-0.25, -0.2) is 0 Å². The van der Waals surface area contributed by atoms with E-state index in [0.29, 0.717) is 0 Å². The molecule has 4 nitrogen and oxygen atoms in total. The molecule has 4 heteroatoms. The number of ether oxygens (including phenoxy) is 1. The summed E-state index contributed by atoms with van der Waals surface area (Å²) >= 11 is 0. The normalized spacial score (nSPS) is 23.4. The molecular formula is C10H20N2O2. The Morgan fingerprint density at radius 3 is 3.07 bits per heavy atom. The predicted octanol–water partition coefficient (Wildman–Crippen LogP) is 0.220. The Morgan fingerprint density at radius 2 is 2.43 bits per heavy atom. The van der Waals surface area contributed by atoms with E-state index >= 15 is 0 Å². The lowest BCUT2D eigenvalue weighted by Crippen LogP contribution is -2.40. The van der Waals surface area contributed by atoms with Gasteiger partial charge in [-0.15, -0.1) is 0 Å². The highest BCUT2D eigenvalue weighted by atomic mass is 16.5. The van der Waals surface area contributed by atoms with Crippen LogP contribution < -0.4 is 5.73 Å². The second-order valence-corrected chi connectivity index (χ2v) is 3.81. The molecule has 0 saturated carbocycles. The first-order valence-electron chi connectivity index (χ1n) is 5.28. The van der Waals surface area contributed by atoms with Crippen molar-refractivity contribution in [2.45, 2.75) is 19.3 Å². The fraction of sp³-hybridized carbons (Fsp3) is 0.900. The summed E-state index contributed by atoms with van der Waals surface area (Å²) in [5.74, 6) is 0.00831. The lowest BCUT2D eigenvalue weighted by molar-refractivity contribution is -0.147. The first kappa shape index (κ1) is 11.5. The first-order chi connectivity index (χ1) is 6.77. The fourth-order valence-electron chi connectivity index (χ4n) is 1.93. The fourth-order valence-corrected chi connectivity index (χ4v) is 1.93. The average Bonchev–Trinajstić information content (AvgIpc) is 2.25. The van der Waals surface area contributed by atoms with E-state index in [1.807, 2.05) is 0 Å². The molecule has 1 saturated heterocycles. The van der Waals surface area contributed by atoms with Gasteiger partial charge in [-0.1, -0.05) is 0 Å². The SMILES string of the molecule is COC(=O)C1CCCN(CCCN)C1. The molecule has 14 heavy (non-hydrogen) atoms. The van der Waals surface area contributed by atoms with Gasteiger partial charge in [0.2, 0.25) is 0 Å². The first-order valence-corrected chi connectivity index (χ1v) is 5.28. The highest BCUT2D eigenvalue weighted by Crippen LogP contribution is 2.17. The van der Waals surface area contributed by atoms with Crippen LogP contribution in [0, 0.1) is 5.92 Å². The van der Waals surface area contributed by atoms with Crippen LogP contribution in [0.3, 0.4) is 0 Å². The Labute approximate surface area is 85.4 Å². The van der Waals surface area contributed by atoms with Gasteiger partial charge in [-0.05, 0) is 38.9 Å². The molecule has 1 atom stereocenters. The number of hydrogen-bond donors (Lipinski definition) is 1. The molecule has 0 radical (unpaired) electrons. The number of esters is 1. The maximum atomic E-state index is 11.3. The molecule has 0 bridgehead atoms. The van der Waals surface area contributed by atoms with E-state index in [1.54, 1.807) is 0 Å². The predicted molar refractivity (Wildman–Crippen MR) is 54.9 cm³/mol. The monoisotopic (exact) mass is 200 g/mol. The van der Waals surface area contributed by atoms with Crippen molar-refractivity contribution < 1.29 is 9.53 Å². The van der Waals surface area contributed by atoms with Crippen molar-refractivity contribution in [3.8, 4) is 0 Å². The molecule has 1 aliphatic heterocycles. The molecule has 1 rings (SSSR count). The van der Waals surface area contributed by atoms with Gasteiger partial charge in [0, 0.05) is 6.54 Å². The van der Waals surface area contributed by atoms with Crippen LogP contribution >= 0.6 is 0 Å². The molecule has 0 spiro atoms. The van der Waals surface area contributed by atoms with E-state index in [4.69, 9.17) is 10.5 Å². The Morgan fingerprint density at radius 1 is 1.64 bits per heavy atom. The van der Waals surface area contributed by atoms with Crippen molar-refractivity contribution in [1.29, 1.82) is 0 Å². The van der Waals surface area contributed by atoms with Crippen molar-refractivity contribution >= 4 is 5.97 Å². The largest absolute Gasteiger partial charge is 0.469 e. The molecule has 1 aliphatic rings. The number of piperidine rings is 1. The summed E-state index contributed by atoms with van der Waals surface area (Å²) in [6.45, 7) is 3.66.